The maximum Gasteiger partial charge on any atom is 0.417 e. The Hall–Kier alpha value is -3.06. The summed E-state index contributed by atoms with van der Waals surface area (Å²) in [6.45, 7) is 0.224. The van der Waals surface area contributed by atoms with E-state index in [0.717, 1.165) is 28.0 Å². The van der Waals surface area contributed by atoms with Crippen LogP contribution < -0.4 is 4.74 Å². The predicted molar refractivity (Wildman–Crippen MR) is 124 cm³/mol. The van der Waals surface area contributed by atoms with E-state index in [1.807, 2.05) is 24.3 Å². The lowest BCUT2D eigenvalue weighted by atomic mass is 10.0. The van der Waals surface area contributed by atoms with E-state index in [2.05, 4.69) is 17.3 Å². The number of imide groups is 1. The number of halogens is 1. The molecule has 2 amide bonds. The Morgan fingerprint density at radius 2 is 1.94 bits per heavy atom. The zero-order valence-electron chi connectivity index (χ0n) is 18.7. The smallest absolute Gasteiger partial charge is 0.417 e. The van der Waals surface area contributed by atoms with Gasteiger partial charge in [-0.15, -0.1) is 0 Å². The van der Waals surface area contributed by atoms with Crippen LogP contribution in [0.4, 0.5) is 4.79 Å². The van der Waals surface area contributed by atoms with Crippen LogP contribution in [0.2, 0.25) is 0 Å². The summed E-state index contributed by atoms with van der Waals surface area (Å²) >= 11 is 5.44. The van der Waals surface area contributed by atoms with Crippen LogP contribution in [0.15, 0.2) is 53.7 Å². The Balaban J connectivity index is 1.49. The lowest BCUT2D eigenvalue weighted by molar-refractivity contribution is -0.121. The van der Waals surface area contributed by atoms with Crippen molar-refractivity contribution in [2.45, 2.75) is 31.8 Å². The minimum Gasteiger partial charge on any atom is -0.489 e. The van der Waals surface area contributed by atoms with Crippen molar-refractivity contribution < 1.29 is 23.9 Å². The van der Waals surface area contributed by atoms with Gasteiger partial charge in [0.15, 0.2) is 11.8 Å². The molecular weight excluding hydrogens is 444 g/mol. The number of amides is 2. The van der Waals surface area contributed by atoms with Gasteiger partial charge in [-0.05, 0) is 60.3 Å². The van der Waals surface area contributed by atoms with Crippen LogP contribution in [0.1, 0.15) is 41.9 Å². The van der Waals surface area contributed by atoms with Gasteiger partial charge < -0.3 is 14.3 Å². The number of hydrogen-bond donors (Lipinski definition) is 0. The monoisotopic (exact) mass is 470 g/mol. The third-order valence-electron chi connectivity index (χ3n) is 6.16. The first-order valence-electron chi connectivity index (χ1n) is 11.0. The Labute approximate surface area is 198 Å². The SMILES string of the molecule is CO/N=C(\C(=O)N(C)C(=O)OCCl)c1ccccc1COc1cccc(C2CC2C2CC2)c1. The molecule has 2 aliphatic carbocycles. The van der Waals surface area contributed by atoms with Gasteiger partial charge in [-0.1, -0.05) is 53.2 Å². The van der Waals surface area contributed by atoms with E-state index >= 15 is 0 Å². The van der Waals surface area contributed by atoms with E-state index in [9.17, 15) is 9.59 Å². The predicted octanol–water partition coefficient (Wildman–Crippen LogP) is 4.92. The molecule has 2 saturated carbocycles. The summed E-state index contributed by atoms with van der Waals surface area (Å²) in [7, 11) is 2.63. The molecule has 0 aliphatic heterocycles. The van der Waals surface area contributed by atoms with Crippen molar-refractivity contribution in [3.8, 4) is 5.75 Å². The van der Waals surface area contributed by atoms with E-state index in [-0.39, 0.29) is 18.4 Å². The van der Waals surface area contributed by atoms with Crippen molar-refractivity contribution in [2.24, 2.45) is 17.0 Å². The Morgan fingerprint density at radius 3 is 2.67 bits per heavy atom. The Kier molecular flexibility index (Phi) is 7.18. The molecule has 8 heteroatoms. The zero-order valence-corrected chi connectivity index (χ0v) is 19.5. The normalized spacial score (nSPS) is 19.5. The van der Waals surface area contributed by atoms with Crippen LogP contribution in [0, 0.1) is 11.8 Å². The molecule has 2 fully saturated rings. The second kappa shape index (κ2) is 10.3. The number of alkyl halides is 1. The molecule has 33 heavy (non-hydrogen) atoms. The zero-order chi connectivity index (χ0) is 23.4. The van der Waals surface area contributed by atoms with Crippen LogP contribution >= 0.6 is 11.6 Å². The molecular formula is C25H27ClN2O5. The molecule has 0 radical (unpaired) electrons. The molecule has 0 aromatic heterocycles. The van der Waals surface area contributed by atoms with E-state index in [1.165, 1.54) is 39.0 Å². The number of carbonyl (C=O) groups excluding carboxylic acids is 2. The highest BCUT2D eigenvalue weighted by Gasteiger charge is 2.47. The number of rotatable bonds is 9. The van der Waals surface area contributed by atoms with Crippen LogP contribution in [0.5, 0.6) is 5.75 Å². The molecule has 2 aromatic carbocycles. The summed E-state index contributed by atoms with van der Waals surface area (Å²) in [5.41, 5.74) is 2.52. The molecule has 0 bridgehead atoms. The molecule has 2 unspecified atom stereocenters. The number of benzene rings is 2. The van der Waals surface area contributed by atoms with Crippen molar-refractivity contribution in [3.63, 3.8) is 0 Å². The summed E-state index contributed by atoms with van der Waals surface area (Å²) in [5.74, 6) is 2.50. The summed E-state index contributed by atoms with van der Waals surface area (Å²) < 4.78 is 10.8. The molecule has 174 valence electrons. The maximum absolute atomic E-state index is 12.9. The van der Waals surface area contributed by atoms with E-state index in [1.54, 1.807) is 12.1 Å². The fourth-order valence-corrected chi connectivity index (χ4v) is 4.29. The highest BCUT2D eigenvalue weighted by Crippen LogP contribution is 2.59. The van der Waals surface area contributed by atoms with Gasteiger partial charge in [0.1, 0.15) is 19.5 Å². The average Bonchev–Trinajstić information content (AvgIpc) is 3.74. The van der Waals surface area contributed by atoms with Gasteiger partial charge in [-0.2, -0.15) is 0 Å². The van der Waals surface area contributed by atoms with Crippen molar-refractivity contribution >= 4 is 29.3 Å². The maximum atomic E-state index is 12.9. The second-order valence-corrected chi connectivity index (χ2v) is 8.59. The summed E-state index contributed by atoms with van der Waals surface area (Å²) in [6, 6.07) is 15.1. The van der Waals surface area contributed by atoms with Crippen molar-refractivity contribution in [3.05, 3.63) is 65.2 Å². The van der Waals surface area contributed by atoms with Gasteiger partial charge in [0.25, 0.3) is 5.91 Å². The lowest BCUT2D eigenvalue weighted by Gasteiger charge is -2.17. The topological polar surface area (TPSA) is 77.4 Å². The van der Waals surface area contributed by atoms with Gasteiger partial charge in [0.05, 0.1) is 0 Å². The number of oxime groups is 1. The van der Waals surface area contributed by atoms with Gasteiger partial charge >= 0.3 is 6.09 Å². The Bertz CT molecular complexity index is 1050. The van der Waals surface area contributed by atoms with Crippen molar-refractivity contribution in [2.75, 3.05) is 20.2 Å². The number of nitrogens with zero attached hydrogens (tertiary/aromatic N) is 2. The van der Waals surface area contributed by atoms with Crippen LogP contribution in [0.25, 0.3) is 0 Å². The third kappa shape index (κ3) is 5.47. The molecule has 0 spiro atoms. The standard InChI is InChI=1S/C25H27ClN2O5/c1-28(25(30)33-15-26)24(29)23(27-31-2)20-9-4-3-6-18(20)14-32-19-8-5-7-17(12-19)22-13-21(22)16-10-11-16/h3-9,12,16,21-22H,10-11,13-15H2,1-2H3/b27-23-. The van der Waals surface area contributed by atoms with E-state index in [0.29, 0.717) is 11.5 Å². The average molecular weight is 471 g/mol. The number of ether oxygens (including phenoxy) is 2. The summed E-state index contributed by atoms with van der Waals surface area (Å²) in [6.07, 6.45) is 3.14. The van der Waals surface area contributed by atoms with Crippen LogP contribution in [-0.2, 0) is 21.0 Å². The van der Waals surface area contributed by atoms with Gasteiger partial charge in [0.2, 0.25) is 0 Å². The quantitative estimate of drug-likeness (QED) is 0.295. The molecule has 0 heterocycles. The highest BCUT2D eigenvalue weighted by atomic mass is 35.5. The van der Waals surface area contributed by atoms with Gasteiger partial charge in [0, 0.05) is 12.6 Å². The first-order chi connectivity index (χ1) is 16.0. The first-order valence-corrected chi connectivity index (χ1v) is 11.5. The number of likely N-dealkylation sites (N-methyl/N-ethyl adjacent to an activating group) is 1. The molecule has 7 nitrogen and oxygen atoms in total. The summed E-state index contributed by atoms with van der Waals surface area (Å²) in [4.78, 5) is 30.6. The lowest BCUT2D eigenvalue weighted by Crippen LogP contribution is -2.39. The molecule has 4 rings (SSSR count). The summed E-state index contributed by atoms with van der Waals surface area (Å²) in [5, 5.41) is 3.88. The molecule has 0 saturated heterocycles. The van der Waals surface area contributed by atoms with Crippen LogP contribution in [-0.4, -0.2) is 42.8 Å². The minimum absolute atomic E-state index is 0.0373. The van der Waals surface area contributed by atoms with Gasteiger partial charge in [-0.3, -0.25) is 4.79 Å². The third-order valence-corrected chi connectivity index (χ3v) is 6.27. The van der Waals surface area contributed by atoms with Crippen molar-refractivity contribution in [1.29, 1.82) is 0 Å². The fourth-order valence-electron chi connectivity index (χ4n) is 4.20. The van der Waals surface area contributed by atoms with E-state index in [4.69, 9.17) is 25.9 Å². The fraction of sp³-hybridized carbons (Fsp3) is 0.400. The van der Waals surface area contributed by atoms with E-state index < -0.39 is 12.0 Å². The molecule has 2 aliphatic rings. The van der Waals surface area contributed by atoms with Crippen molar-refractivity contribution in [1.82, 2.24) is 4.90 Å². The Morgan fingerprint density at radius 1 is 1.15 bits per heavy atom. The second-order valence-electron chi connectivity index (χ2n) is 8.37. The first kappa shape index (κ1) is 23.1. The highest BCUT2D eigenvalue weighted by molar-refractivity contribution is 6.47. The molecule has 0 N–H and O–H groups in total. The van der Waals surface area contributed by atoms with Gasteiger partial charge in [-0.25, -0.2) is 9.69 Å². The van der Waals surface area contributed by atoms with Crippen LogP contribution in [0.3, 0.4) is 0 Å². The minimum atomic E-state index is -0.881. The number of hydrogen-bond acceptors (Lipinski definition) is 6. The number of carbonyl (C=O) groups is 2. The largest absolute Gasteiger partial charge is 0.489 e. The molecule has 2 atom stereocenters. The molecule has 2 aromatic rings.